The Morgan fingerprint density at radius 1 is 1.33 bits per heavy atom. The maximum absolute atomic E-state index is 3.57. The highest BCUT2D eigenvalue weighted by Gasteiger charge is 2.07. The van der Waals surface area contributed by atoms with Crippen LogP contribution in [0.1, 0.15) is 39.5 Å². The summed E-state index contributed by atoms with van der Waals surface area (Å²) in [6, 6.07) is 0.747. The molecule has 0 saturated heterocycles. The molecule has 0 aliphatic heterocycles. The van der Waals surface area contributed by atoms with E-state index in [1.807, 2.05) is 0 Å². The molecule has 0 fully saturated rings. The van der Waals surface area contributed by atoms with Gasteiger partial charge in [0.2, 0.25) is 0 Å². The smallest absolute Gasteiger partial charge is 0.0136 e. The summed E-state index contributed by atoms with van der Waals surface area (Å²) >= 11 is 0. The molecule has 0 unspecified atom stereocenters. The largest absolute Gasteiger partial charge is 0.313 e. The van der Waals surface area contributed by atoms with Gasteiger partial charge in [0.15, 0.2) is 0 Å². The molecular formula is C11H21N. The quantitative estimate of drug-likeness (QED) is 0.490. The standard InChI is InChI=1S/C11H21N/c1-10(2)6-5-9-12-11-7-3-4-8-11/h3-4,10-12H,5-9H2,1-2H3. The Balaban J connectivity index is 1.89. The fourth-order valence-corrected chi connectivity index (χ4v) is 1.60. The second-order valence-electron chi connectivity index (χ2n) is 4.13. The molecule has 0 aromatic rings. The first-order valence-electron chi connectivity index (χ1n) is 5.17. The summed E-state index contributed by atoms with van der Waals surface area (Å²) in [4.78, 5) is 0. The molecule has 1 nitrogen and oxygen atoms in total. The van der Waals surface area contributed by atoms with Crippen molar-refractivity contribution in [2.45, 2.75) is 45.6 Å². The molecule has 1 aliphatic carbocycles. The first kappa shape index (κ1) is 9.79. The van der Waals surface area contributed by atoms with Crippen LogP contribution in [0.15, 0.2) is 12.2 Å². The topological polar surface area (TPSA) is 12.0 Å². The zero-order valence-corrected chi connectivity index (χ0v) is 8.34. The number of hydrogen-bond acceptors (Lipinski definition) is 1. The van der Waals surface area contributed by atoms with Gasteiger partial charge < -0.3 is 5.32 Å². The van der Waals surface area contributed by atoms with Gasteiger partial charge in [-0.05, 0) is 38.1 Å². The number of hydrogen-bond donors (Lipinski definition) is 1. The van der Waals surface area contributed by atoms with Gasteiger partial charge in [-0.3, -0.25) is 0 Å². The lowest BCUT2D eigenvalue weighted by atomic mass is 10.1. The van der Waals surface area contributed by atoms with Crippen molar-refractivity contribution in [2.75, 3.05) is 6.54 Å². The minimum Gasteiger partial charge on any atom is -0.313 e. The van der Waals surface area contributed by atoms with E-state index in [1.54, 1.807) is 0 Å². The number of nitrogens with one attached hydrogen (secondary N) is 1. The van der Waals surface area contributed by atoms with Gasteiger partial charge in [-0.2, -0.15) is 0 Å². The lowest BCUT2D eigenvalue weighted by molar-refractivity contribution is 0.484. The zero-order chi connectivity index (χ0) is 8.81. The van der Waals surface area contributed by atoms with Crippen molar-refractivity contribution in [1.29, 1.82) is 0 Å². The molecule has 1 rings (SSSR count). The van der Waals surface area contributed by atoms with Crippen molar-refractivity contribution in [3.8, 4) is 0 Å². The first-order valence-corrected chi connectivity index (χ1v) is 5.17. The molecule has 0 aromatic carbocycles. The van der Waals surface area contributed by atoms with E-state index in [1.165, 1.54) is 32.2 Å². The van der Waals surface area contributed by atoms with E-state index in [4.69, 9.17) is 0 Å². The van der Waals surface area contributed by atoms with Gasteiger partial charge in [-0.1, -0.05) is 26.0 Å². The van der Waals surface area contributed by atoms with E-state index in [-0.39, 0.29) is 0 Å². The summed E-state index contributed by atoms with van der Waals surface area (Å²) in [5.74, 6) is 0.855. The summed E-state index contributed by atoms with van der Waals surface area (Å²) in [5.41, 5.74) is 0. The summed E-state index contributed by atoms with van der Waals surface area (Å²) in [7, 11) is 0. The van der Waals surface area contributed by atoms with Gasteiger partial charge in [0.1, 0.15) is 0 Å². The molecule has 1 aliphatic rings. The molecule has 0 saturated carbocycles. The molecule has 0 radical (unpaired) electrons. The van der Waals surface area contributed by atoms with Crippen LogP contribution in [-0.4, -0.2) is 12.6 Å². The third-order valence-electron chi connectivity index (χ3n) is 2.40. The monoisotopic (exact) mass is 167 g/mol. The van der Waals surface area contributed by atoms with Crippen molar-refractivity contribution in [2.24, 2.45) is 5.92 Å². The van der Waals surface area contributed by atoms with E-state index in [0.29, 0.717) is 0 Å². The summed E-state index contributed by atoms with van der Waals surface area (Å²) in [6.45, 7) is 5.78. The lowest BCUT2D eigenvalue weighted by Gasteiger charge is -2.12. The van der Waals surface area contributed by atoms with Crippen LogP contribution in [0.3, 0.4) is 0 Å². The molecule has 1 N–H and O–H groups in total. The Morgan fingerprint density at radius 2 is 2.00 bits per heavy atom. The van der Waals surface area contributed by atoms with Crippen LogP contribution in [0.4, 0.5) is 0 Å². The third kappa shape index (κ3) is 3.91. The summed E-state index contributed by atoms with van der Waals surface area (Å²) in [5, 5.41) is 3.57. The number of rotatable bonds is 5. The zero-order valence-electron chi connectivity index (χ0n) is 8.34. The van der Waals surface area contributed by atoms with E-state index in [2.05, 4.69) is 31.3 Å². The van der Waals surface area contributed by atoms with Gasteiger partial charge in [0.25, 0.3) is 0 Å². The van der Waals surface area contributed by atoms with Crippen molar-refractivity contribution >= 4 is 0 Å². The molecule has 1 heteroatoms. The van der Waals surface area contributed by atoms with Crippen LogP contribution in [0.5, 0.6) is 0 Å². The van der Waals surface area contributed by atoms with Gasteiger partial charge in [0, 0.05) is 6.04 Å². The molecule has 0 aromatic heterocycles. The fourth-order valence-electron chi connectivity index (χ4n) is 1.60. The highest BCUT2D eigenvalue weighted by Crippen LogP contribution is 2.09. The molecule has 0 amide bonds. The predicted molar refractivity (Wildman–Crippen MR) is 54.2 cm³/mol. The van der Waals surface area contributed by atoms with Gasteiger partial charge in [0.05, 0.1) is 0 Å². The second kappa shape index (κ2) is 5.36. The summed E-state index contributed by atoms with van der Waals surface area (Å²) in [6.07, 6.45) is 9.71. The van der Waals surface area contributed by atoms with Gasteiger partial charge >= 0.3 is 0 Å². The van der Waals surface area contributed by atoms with Crippen LogP contribution in [0.25, 0.3) is 0 Å². The van der Waals surface area contributed by atoms with Crippen LogP contribution >= 0.6 is 0 Å². The Hall–Kier alpha value is -0.300. The van der Waals surface area contributed by atoms with Crippen molar-refractivity contribution in [3.05, 3.63) is 12.2 Å². The molecule has 0 heterocycles. The van der Waals surface area contributed by atoms with Crippen LogP contribution in [0, 0.1) is 5.92 Å². The Kier molecular flexibility index (Phi) is 4.37. The minimum absolute atomic E-state index is 0.747. The average molecular weight is 167 g/mol. The van der Waals surface area contributed by atoms with Gasteiger partial charge in [-0.15, -0.1) is 0 Å². The highest BCUT2D eigenvalue weighted by molar-refractivity contribution is 4.97. The predicted octanol–water partition coefficient (Wildman–Crippen LogP) is 2.73. The van der Waals surface area contributed by atoms with Crippen LogP contribution < -0.4 is 5.32 Å². The van der Waals surface area contributed by atoms with E-state index in [9.17, 15) is 0 Å². The van der Waals surface area contributed by atoms with E-state index >= 15 is 0 Å². The minimum atomic E-state index is 0.747. The molecular weight excluding hydrogens is 146 g/mol. The molecule has 70 valence electrons. The third-order valence-corrected chi connectivity index (χ3v) is 2.40. The van der Waals surface area contributed by atoms with E-state index in [0.717, 1.165) is 12.0 Å². The van der Waals surface area contributed by atoms with Crippen LogP contribution in [-0.2, 0) is 0 Å². The fraction of sp³-hybridized carbons (Fsp3) is 0.818. The SMILES string of the molecule is CC(C)CCCNC1CC=CC1. The van der Waals surface area contributed by atoms with E-state index < -0.39 is 0 Å². The lowest BCUT2D eigenvalue weighted by Crippen LogP contribution is -2.27. The molecule has 0 atom stereocenters. The maximum atomic E-state index is 3.57. The summed E-state index contributed by atoms with van der Waals surface area (Å²) < 4.78 is 0. The molecule has 0 bridgehead atoms. The maximum Gasteiger partial charge on any atom is 0.0136 e. The van der Waals surface area contributed by atoms with Gasteiger partial charge in [-0.25, -0.2) is 0 Å². The second-order valence-corrected chi connectivity index (χ2v) is 4.13. The van der Waals surface area contributed by atoms with Crippen LogP contribution in [0.2, 0.25) is 0 Å². The van der Waals surface area contributed by atoms with Crippen molar-refractivity contribution < 1.29 is 0 Å². The Morgan fingerprint density at radius 3 is 2.58 bits per heavy atom. The molecule has 12 heavy (non-hydrogen) atoms. The van der Waals surface area contributed by atoms with Crippen molar-refractivity contribution in [3.63, 3.8) is 0 Å². The normalized spacial score (nSPS) is 17.9. The average Bonchev–Trinajstić information content (AvgIpc) is 2.49. The Labute approximate surface area is 76.2 Å². The first-order chi connectivity index (χ1) is 5.79. The highest BCUT2D eigenvalue weighted by atomic mass is 14.9. The van der Waals surface area contributed by atoms with Crippen molar-refractivity contribution in [1.82, 2.24) is 5.32 Å². The Bertz CT molecular complexity index is 130. The molecule has 0 spiro atoms.